The lowest BCUT2D eigenvalue weighted by Crippen LogP contribution is -2.24. The van der Waals surface area contributed by atoms with Gasteiger partial charge in [-0.2, -0.15) is 0 Å². The number of nitrogens with one attached hydrogen (secondary N) is 1. The van der Waals surface area contributed by atoms with Crippen LogP contribution in [0.15, 0.2) is 66.8 Å². The van der Waals surface area contributed by atoms with Crippen molar-refractivity contribution in [2.24, 2.45) is 17.8 Å². The van der Waals surface area contributed by atoms with Gasteiger partial charge in [-0.15, -0.1) is 0 Å². The first kappa shape index (κ1) is 23.2. The van der Waals surface area contributed by atoms with Crippen molar-refractivity contribution in [1.82, 2.24) is 5.32 Å². The summed E-state index contributed by atoms with van der Waals surface area (Å²) in [7, 11) is 0. The topological polar surface area (TPSA) is 66.4 Å². The molecule has 1 aromatic rings. The molecule has 166 valence electrons. The third-order valence-electron chi connectivity index (χ3n) is 6.06. The van der Waals surface area contributed by atoms with Gasteiger partial charge in [0.1, 0.15) is 0 Å². The zero-order chi connectivity index (χ0) is 21.9. The van der Waals surface area contributed by atoms with Gasteiger partial charge in [0.15, 0.2) is 5.78 Å². The van der Waals surface area contributed by atoms with Crippen LogP contribution in [-0.4, -0.2) is 29.4 Å². The van der Waals surface area contributed by atoms with Crippen LogP contribution in [0, 0.1) is 17.8 Å². The zero-order valence-corrected chi connectivity index (χ0v) is 18.3. The molecule has 0 aromatic heterocycles. The molecule has 0 saturated heterocycles. The van der Waals surface area contributed by atoms with Crippen LogP contribution < -0.4 is 5.32 Å². The molecule has 0 spiro atoms. The number of rotatable bonds is 13. The van der Waals surface area contributed by atoms with Crippen molar-refractivity contribution in [1.29, 1.82) is 0 Å². The average Bonchev–Trinajstić information content (AvgIpc) is 3.55. The summed E-state index contributed by atoms with van der Waals surface area (Å²) in [5.74, 6) is 0.963. The van der Waals surface area contributed by atoms with E-state index in [1.807, 2.05) is 36.4 Å². The molecule has 2 N–H and O–H groups in total. The van der Waals surface area contributed by atoms with Crippen molar-refractivity contribution < 1.29 is 14.7 Å². The SMILES string of the molecule is O=C(CCC/C=C\C[C@H]1C(=O)C=C[C@@H]1/C=C/[C@@H](O)CCc1ccccc1)NCC1CC1. The highest BCUT2D eigenvalue weighted by Gasteiger charge is 2.27. The maximum atomic E-state index is 12.2. The summed E-state index contributed by atoms with van der Waals surface area (Å²) >= 11 is 0. The van der Waals surface area contributed by atoms with Gasteiger partial charge in [0.05, 0.1) is 6.10 Å². The van der Waals surface area contributed by atoms with Gasteiger partial charge in [0.25, 0.3) is 0 Å². The highest BCUT2D eigenvalue weighted by Crippen LogP contribution is 2.28. The molecule has 4 nitrogen and oxygen atoms in total. The Labute approximate surface area is 186 Å². The minimum atomic E-state index is -0.508. The van der Waals surface area contributed by atoms with Gasteiger partial charge in [-0.3, -0.25) is 9.59 Å². The first-order valence-electron chi connectivity index (χ1n) is 11.7. The number of hydrogen-bond acceptors (Lipinski definition) is 3. The third-order valence-corrected chi connectivity index (χ3v) is 6.06. The molecule has 4 heteroatoms. The highest BCUT2D eigenvalue weighted by molar-refractivity contribution is 5.95. The number of amides is 1. The summed E-state index contributed by atoms with van der Waals surface area (Å²) < 4.78 is 0. The summed E-state index contributed by atoms with van der Waals surface area (Å²) in [4.78, 5) is 24.0. The smallest absolute Gasteiger partial charge is 0.220 e. The van der Waals surface area contributed by atoms with Crippen LogP contribution >= 0.6 is 0 Å². The maximum absolute atomic E-state index is 12.2. The molecule has 0 radical (unpaired) electrons. The minimum Gasteiger partial charge on any atom is -0.389 e. The standard InChI is InChI=1S/C27H35NO3/c29-24(17-14-21-8-4-3-5-9-21)18-15-23-16-19-26(30)25(23)10-6-1-2-7-11-27(31)28-20-22-12-13-22/h1,3-6,8-9,15-16,18-19,22-25,29H,2,7,10-14,17,20H2,(H,28,31)/b6-1-,18-15+/t23-,24-,25+/m0/s1. The molecule has 2 aliphatic rings. The Morgan fingerprint density at radius 1 is 1.19 bits per heavy atom. The van der Waals surface area contributed by atoms with Crippen LogP contribution in [0.5, 0.6) is 0 Å². The lowest BCUT2D eigenvalue weighted by Gasteiger charge is -2.13. The van der Waals surface area contributed by atoms with Crippen molar-refractivity contribution >= 4 is 11.7 Å². The zero-order valence-electron chi connectivity index (χ0n) is 18.3. The normalized spacial score (nSPS) is 21.9. The number of carbonyl (C=O) groups excluding carboxylic acids is 2. The van der Waals surface area contributed by atoms with E-state index in [9.17, 15) is 14.7 Å². The number of hydrogen-bond donors (Lipinski definition) is 2. The average molecular weight is 422 g/mol. The highest BCUT2D eigenvalue weighted by atomic mass is 16.3. The van der Waals surface area contributed by atoms with Crippen molar-refractivity contribution in [2.45, 2.75) is 57.5 Å². The van der Waals surface area contributed by atoms with Crippen molar-refractivity contribution in [3.05, 3.63) is 72.4 Å². The second-order valence-corrected chi connectivity index (χ2v) is 8.77. The molecule has 0 aliphatic heterocycles. The number of aryl methyl sites for hydroxylation is 1. The molecule has 3 atom stereocenters. The van der Waals surface area contributed by atoms with Crippen LogP contribution in [0.4, 0.5) is 0 Å². The maximum Gasteiger partial charge on any atom is 0.220 e. The van der Waals surface area contributed by atoms with Crippen molar-refractivity contribution in [2.75, 3.05) is 6.54 Å². The molecule has 3 rings (SSSR count). The molecule has 1 aromatic carbocycles. The molecule has 0 heterocycles. The first-order chi connectivity index (χ1) is 15.1. The summed E-state index contributed by atoms with van der Waals surface area (Å²) in [6.45, 7) is 0.835. The molecular weight excluding hydrogens is 386 g/mol. The van der Waals surface area contributed by atoms with Gasteiger partial charge in [0, 0.05) is 24.8 Å². The quantitative estimate of drug-likeness (QED) is 0.363. The van der Waals surface area contributed by atoms with E-state index in [1.165, 1.54) is 18.4 Å². The molecule has 2 aliphatic carbocycles. The number of aliphatic hydroxyl groups excluding tert-OH is 1. The fourth-order valence-corrected chi connectivity index (χ4v) is 3.85. The summed E-state index contributed by atoms with van der Waals surface area (Å²) in [5.41, 5.74) is 1.22. The second-order valence-electron chi connectivity index (χ2n) is 8.77. The van der Waals surface area contributed by atoms with Crippen LogP contribution in [0.25, 0.3) is 0 Å². The van der Waals surface area contributed by atoms with E-state index < -0.39 is 6.10 Å². The Bertz CT molecular complexity index is 792. The Morgan fingerprint density at radius 3 is 2.77 bits per heavy atom. The van der Waals surface area contributed by atoms with E-state index in [4.69, 9.17) is 0 Å². The van der Waals surface area contributed by atoms with Gasteiger partial charge < -0.3 is 10.4 Å². The fourth-order valence-electron chi connectivity index (χ4n) is 3.85. The van der Waals surface area contributed by atoms with E-state index in [1.54, 1.807) is 6.08 Å². The van der Waals surface area contributed by atoms with E-state index in [0.29, 0.717) is 25.2 Å². The number of benzene rings is 1. The second kappa shape index (κ2) is 12.4. The van der Waals surface area contributed by atoms with E-state index in [2.05, 4.69) is 29.6 Å². The Hall–Kier alpha value is -2.46. The number of aliphatic hydroxyl groups is 1. The Kier molecular flexibility index (Phi) is 9.29. The molecule has 31 heavy (non-hydrogen) atoms. The van der Waals surface area contributed by atoms with Gasteiger partial charge in [0.2, 0.25) is 5.91 Å². The Balaban J connectivity index is 1.33. The van der Waals surface area contributed by atoms with Crippen LogP contribution in [-0.2, 0) is 16.0 Å². The predicted molar refractivity (Wildman–Crippen MR) is 124 cm³/mol. The lowest BCUT2D eigenvalue weighted by atomic mass is 9.90. The molecule has 1 saturated carbocycles. The molecule has 0 bridgehead atoms. The van der Waals surface area contributed by atoms with E-state index in [0.717, 1.165) is 25.8 Å². The predicted octanol–water partition coefficient (Wildman–Crippen LogP) is 4.55. The number of unbranched alkanes of at least 4 members (excludes halogenated alkanes) is 1. The van der Waals surface area contributed by atoms with Gasteiger partial charge in [-0.05, 0) is 62.5 Å². The van der Waals surface area contributed by atoms with Crippen LogP contribution in [0.3, 0.4) is 0 Å². The lowest BCUT2D eigenvalue weighted by molar-refractivity contribution is -0.121. The van der Waals surface area contributed by atoms with Crippen LogP contribution in [0.2, 0.25) is 0 Å². The first-order valence-corrected chi connectivity index (χ1v) is 11.7. The minimum absolute atomic E-state index is 0.0386. The van der Waals surface area contributed by atoms with Gasteiger partial charge in [-0.25, -0.2) is 0 Å². The molecule has 0 unspecified atom stereocenters. The summed E-state index contributed by atoms with van der Waals surface area (Å²) in [5, 5.41) is 13.3. The monoisotopic (exact) mass is 421 g/mol. The number of carbonyl (C=O) groups is 2. The Morgan fingerprint density at radius 2 is 2.00 bits per heavy atom. The van der Waals surface area contributed by atoms with Crippen LogP contribution in [0.1, 0.15) is 50.5 Å². The van der Waals surface area contributed by atoms with E-state index in [-0.39, 0.29) is 23.5 Å². The fraction of sp³-hybridized carbons (Fsp3) is 0.481. The van der Waals surface area contributed by atoms with Crippen molar-refractivity contribution in [3.63, 3.8) is 0 Å². The van der Waals surface area contributed by atoms with Gasteiger partial charge in [-0.1, -0.05) is 60.7 Å². The van der Waals surface area contributed by atoms with Crippen molar-refractivity contribution in [3.8, 4) is 0 Å². The third kappa shape index (κ3) is 8.66. The van der Waals surface area contributed by atoms with E-state index >= 15 is 0 Å². The molecular formula is C27H35NO3. The summed E-state index contributed by atoms with van der Waals surface area (Å²) in [6, 6.07) is 10.1. The molecule has 1 fully saturated rings. The summed E-state index contributed by atoms with van der Waals surface area (Å²) in [6.07, 6.45) is 18.0. The number of allylic oxidation sites excluding steroid dienone is 5. The largest absolute Gasteiger partial charge is 0.389 e. The van der Waals surface area contributed by atoms with Gasteiger partial charge >= 0.3 is 0 Å². The molecule has 1 amide bonds. The number of ketones is 1.